The highest BCUT2D eigenvalue weighted by atomic mass is 19.4. The van der Waals surface area contributed by atoms with Crippen LogP contribution in [-0.4, -0.2) is 42.9 Å². The molecule has 2 aromatic carbocycles. The number of benzene rings is 2. The number of hydrogen-bond acceptors (Lipinski definition) is 4. The van der Waals surface area contributed by atoms with E-state index in [0.29, 0.717) is 17.3 Å². The predicted octanol–water partition coefficient (Wildman–Crippen LogP) is 6.12. The Hall–Kier alpha value is -3.15. The molecular formula is C22H24F6N2O4. The zero-order valence-corrected chi connectivity index (χ0v) is 18.1. The predicted molar refractivity (Wildman–Crippen MR) is 113 cm³/mol. The van der Waals surface area contributed by atoms with Gasteiger partial charge in [-0.2, -0.15) is 13.2 Å². The maximum Gasteiger partial charge on any atom is 0.573 e. The van der Waals surface area contributed by atoms with Gasteiger partial charge in [0.25, 0.3) is 0 Å². The lowest BCUT2D eigenvalue weighted by molar-refractivity contribution is -0.274. The van der Waals surface area contributed by atoms with Crippen molar-refractivity contribution in [2.75, 3.05) is 23.4 Å². The van der Waals surface area contributed by atoms with Crippen LogP contribution in [-0.2, 0) is 0 Å². The minimum Gasteiger partial charge on any atom is -0.494 e. The summed E-state index contributed by atoms with van der Waals surface area (Å²) < 4.78 is 85.6. The zero-order valence-electron chi connectivity index (χ0n) is 18.1. The number of alkyl halides is 6. The molecule has 6 nitrogen and oxygen atoms in total. The lowest BCUT2D eigenvalue weighted by Gasteiger charge is -2.27. The Labute approximate surface area is 192 Å². The van der Waals surface area contributed by atoms with Crippen molar-refractivity contribution in [1.82, 2.24) is 0 Å². The van der Waals surface area contributed by atoms with Crippen molar-refractivity contribution in [1.29, 1.82) is 0 Å². The monoisotopic (exact) mass is 494 g/mol. The van der Waals surface area contributed by atoms with E-state index in [1.165, 1.54) is 12.1 Å². The highest BCUT2D eigenvalue weighted by molar-refractivity contribution is 6.01. The van der Waals surface area contributed by atoms with E-state index in [1.807, 2.05) is 6.92 Å². The van der Waals surface area contributed by atoms with Crippen LogP contribution >= 0.6 is 0 Å². The maximum absolute atomic E-state index is 12.9. The molecule has 2 rings (SSSR count). The topological polar surface area (TPSA) is 71.0 Å². The van der Waals surface area contributed by atoms with Crippen LogP contribution in [0.2, 0.25) is 0 Å². The lowest BCUT2D eigenvalue weighted by atomic mass is 10.2. The number of nitrogens with zero attached hydrogens (tertiary/aromatic N) is 1. The minimum atomic E-state index is -5.06. The van der Waals surface area contributed by atoms with Crippen molar-refractivity contribution in [3.63, 3.8) is 0 Å². The Morgan fingerprint density at radius 3 is 2.29 bits per heavy atom. The molecule has 34 heavy (non-hydrogen) atoms. The van der Waals surface area contributed by atoms with Gasteiger partial charge in [-0.05, 0) is 42.8 Å². The molecule has 0 aliphatic carbocycles. The molecule has 0 saturated heterocycles. The smallest absolute Gasteiger partial charge is 0.494 e. The summed E-state index contributed by atoms with van der Waals surface area (Å²) in [7, 11) is 0. The molecule has 188 valence electrons. The summed E-state index contributed by atoms with van der Waals surface area (Å²) in [5.74, 6) is -0.218. The van der Waals surface area contributed by atoms with Crippen molar-refractivity contribution < 1.29 is 45.7 Å². The highest BCUT2D eigenvalue weighted by Gasteiger charge is 2.40. The van der Waals surface area contributed by atoms with Crippen molar-refractivity contribution in [2.24, 2.45) is 0 Å². The standard InChI is InChI=1S/C22H24F6N2O4/c1-2-3-4-12-33-17-10-8-15(9-11-17)29-20(32)30(14-19(31)21(23,24)25)16-6-5-7-18(13-16)34-22(26,27)28/h5-11,13,19,31H,2-4,12,14H2,1H3,(H,29,32). The Kier molecular flexibility index (Phi) is 9.42. The summed E-state index contributed by atoms with van der Waals surface area (Å²) in [6.07, 6.45) is -10.2. The molecule has 0 radical (unpaired) electrons. The fourth-order valence-electron chi connectivity index (χ4n) is 2.80. The molecule has 2 amide bonds. The molecular weight excluding hydrogens is 470 g/mol. The average Bonchev–Trinajstić information content (AvgIpc) is 2.74. The number of halogens is 6. The zero-order chi connectivity index (χ0) is 25.4. The van der Waals surface area contributed by atoms with Crippen molar-refractivity contribution in [3.05, 3.63) is 48.5 Å². The number of rotatable bonds is 10. The minimum absolute atomic E-state index is 0.195. The van der Waals surface area contributed by atoms with Crippen LogP contribution in [0.1, 0.15) is 26.2 Å². The molecule has 0 bridgehead atoms. The fourth-order valence-corrected chi connectivity index (χ4v) is 2.80. The largest absolute Gasteiger partial charge is 0.573 e. The maximum atomic E-state index is 12.9. The first-order valence-corrected chi connectivity index (χ1v) is 10.3. The Morgan fingerprint density at radius 2 is 1.71 bits per heavy atom. The van der Waals surface area contributed by atoms with Gasteiger partial charge in [0.15, 0.2) is 6.10 Å². The van der Waals surface area contributed by atoms with Gasteiger partial charge in [0.1, 0.15) is 11.5 Å². The van der Waals surface area contributed by atoms with Crippen LogP contribution in [0.25, 0.3) is 0 Å². The van der Waals surface area contributed by atoms with E-state index in [-0.39, 0.29) is 11.4 Å². The number of carbonyl (C=O) groups is 1. The number of hydrogen-bond donors (Lipinski definition) is 2. The normalized spacial score (nSPS) is 12.7. The number of anilines is 2. The number of amides is 2. The molecule has 1 atom stereocenters. The number of ether oxygens (including phenoxy) is 2. The number of aliphatic hydroxyl groups excluding tert-OH is 1. The number of carbonyl (C=O) groups excluding carboxylic acids is 1. The van der Waals surface area contributed by atoms with Crippen LogP contribution < -0.4 is 19.7 Å². The lowest BCUT2D eigenvalue weighted by Crippen LogP contribution is -2.45. The SMILES string of the molecule is CCCCCOc1ccc(NC(=O)N(CC(O)C(F)(F)F)c2cccc(OC(F)(F)F)c2)cc1. The first-order valence-electron chi connectivity index (χ1n) is 10.3. The van der Waals surface area contributed by atoms with E-state index in [0.717, 1.165) is 43.5 Å². The van der Waals surface area contributed by atoms with E-state index in [1.54, 1.807) is 12.1 Å². The third-order valence-electron chi connectivity index (χ3n) is 4.46. The molecule has 0 heterocycles. The van der Waals surface area contributed by atoms with Gasteiger partial charge in [0.2, 0.25) is 0 Å². The Balaban J connectivity index is 2.19. The summed E-state index contributed by atoms with van der Waals surface area (Å²) >= 11 is 0. The Bertz CT molecular complexity index is 919. The summed E-state index contributed by atoms with van der Waals surface area (Å²) in [5.41, 5.74) is -0.154. The molecule has 0 saturated carbocycles. The molecule has 0 aliphatic heterocycles. The van der Waals surface area contributed by atoms with Crippen LogP contribution in [0.4, 0.5) is 42.5 Å². The number of unbranched alkanes of at least 4 members (excludes halogenated alkanes) is 2. The van der Waals surface area contributed by atoms with Crippen molar-refractivity contribution >= 4 is 17.4 Å². The van der Waals surface area contributed by atoms with Gasteiger partial charge in [-0.1, -0.05) is 25.8 Å². The second-order valence-electron chi connectivity index (χ2n) is 7.22. The second kappa shape index (κ2) is 11.8. The Morgan fingerprint density at radius 1 is 1.03 bits per heavy atom. The molecule has 0 aliphatic rings. The molecule has 2 aromatic rings. The average molecular weight is 494 g/mol. The van der Waals surface area contributed by atoms with E-state index in [9.17, 15) is 36.2 Å². The highest BCUT2D eigenvalue weighted by Crippen LogP contribution is 2.29. The quantitative estimate of drug-likeness (QED) is 0.309. The molecule has 12 heteroatoms. The van der Waals surface area contributed by atoms with Gasteiger partial charge in [-0.3, -0.25) is 4.90 Å². The van der Waals surface area contributed by atoms with Gasteiger partial charge >= 0.3 is 18.6 Å². The summed E-state index contributed by atoms with van der Waals surface area (Å²) in [6.45, 7) is 1.29. The van der Waals surface area contributed by atoms with Crippen molar-refractivity contribution in [2.45, 2.75) is 44.8 Å². The van der Waals surface area contributed by atoms with Crippen LogP contribution in [0.5, 0.6) is 11.5 Å². The summed E-state index contributed by atoms with van der Waals surface area (Å²) in [5, 5.41) is 11.8. The number of nitrogens with one attached hydrogen (secondary N) is 1. The van der Waals surface area contributed by atoms with E-state index >= 15 is 0 Å². The van der Waals surface area contributed by atoms with Gasteiger partial charge in [-0.25, -0.2) is 4.79 Å². The fraction of sp³-hybridized carbons (Fsp3) is 0.409. The van der Waals surface area contributed by atoms with E-state index < -0.39 is 37.0 Å². The van der Waals surface area contributed by atoms with Gasteiger partial charge in [0, 0.05) is 17.4 Å². The van der Waals surface area contributed by atoms with Gasteiger partial charge in [-0.15, -0.1) is 13.2 Å². The number of aliphatic hydroxyl groups is 1. The first kappa shape index (κ1) is 27.1. The number of urea groups is 1. The first-order chi connectivity index (χ1) is 15.9. The third-order valence-corrected chi connectivity index (χ3v) is 4.46. The van der Waals surface area contributed by atoms with E-state index in [4.69, 9.17) is 4.74 Å². The third kappa shape index (κ3) is 9.00. The molecule has 0 fully saturated rings. The molecule has 0 spiro atoms. The second-order valence-corrected chi connectivity index (χ2v) is 7.22. The van der Waals surface area contributed by atoms with Crippen LogP contribution in [0.15, 0.2) is 48.5 Å². The van der Waals surface area contributed by atoms with Crippen LogP contribution in [0.3, 0.4) is 0 Å². The van der Waals surface area contributed by atoms with Crippen molar-refractivity contribution in [3.8, 4) is 11.5 Å². The molecule has 1 unspecified atom stereocenters. The molecule has 0 aromatic heterocycles. The van der Waals surface area contributed by atoms with Crippen LogP contribution in [0, 0.1) is 0 Å². The summed E-state index contributed by atoms with van der Waals surface area (Å²) in [6, 6.07) is 8.74. The van der Waals surface area contributed by atoms with Gasteiger partial charge < -0.3 is 19.9 Å². The van der Waals surface area contributed by atoms with Gasteiger partial charge in [0.05, 0.1) is 13.2 Å². The van der Waals surface area contributed by atoms with E-state index in [2.05, 4.69) is 10.1 Å². The summed E-state index contributed by atoms with van der Waals surface area (Å²) in [4.78, 5) is 13.2. The molecule has 2 N–H and O–H groups in total.